The molecular weight excluding hydrogens is 196 g/mol. The first-order valence-electron chi connectivity index (χ1n) is 3.41. The molecule has 0 spiro atoms. The first-order valence-corrected chi connectivity index (χ1v) is 3.41. The number of nitrogens with one attached hydrogen (secondary N) is 1. The van der Waals surface area contributed by atoms with Crippen molar-refractivity contribution in [3.05, 3.63) is 39.4 Å². The predicted molar refractivity (Wildman–Crippen MR) is 44.0 cm³/mol. The highest BCUT2D eigenvalue weighted by Gasteiger charge is 2.19. The van der Waals surface area contributed by atoms with Crippen molar-refractivity contribution in [3.8, 4) is 0 Å². The molecule has 0 radical (unpaired) electrons. The normalized spacial score (nSPS) is 9.86. The van der Waals surface area contributed by atoms with Crippen LogP contribution >= 0.6 is 0 Å². The van der Waals surface area contributed by atoms with Gasteiger partial charge in [-0.05, 0) is 6.07 Å². The number of nitrogen functional groups attached to an aromatic ring is 1. The smallest absolute Gasteiger partial charge is 0.307 e. The molecule has 0 amide bonds. The van der Waals surface area contributed by atoms with Crippen LogP contribution in [0.2, 0.25) is 0 Å². The lowest BCUT2D eigenvalue weighted by molar-refractivity contribution is -0.387. The Bertz CT molecular complexity index is 380. The topological polar surface area (TPSA) is 93.0 Å². The molecule has 0 unspecified atom stereocenters. The molecule has 1 aromatic carbocycles. The largest absolute Gasteiger partial charge is 0.384 e. The Morgan fingerprint density at radius 2 is 2.00 bits per heavy atom. The van der Waals surface area contributed by atoms with Gasteiger partial charge in [-0.2, -0.15) is 4.39 Å². The second-order valence-electron chi connectivity index (χ2n) is 2.45. The lowest BCUT2D eigenvalue weighted by Crippen LogP contribution is -2.14. The number of rotatable bonds is 2. The van der Waals surface area contributed by atoms with Crippen LogP contribution in [0.3, 0.4) is 0 Å². The summed E-state index contributed by atoms with van der Waals surface area (Å²) in [6, 6.07) is 0.919. The molecule has 0 aliphatic carbocycles. The van der Waals surface area contributed by atoms with Crippen molar-refractivity contribution in [1.82, 2.24) is 0 Å². The zero-order valence-electron chi connectivity index (χ0n) is 6.75. The fourth-order valence-electron chi connectivity index (χ4n) is 0.883. The van der Waals surface area contributed by atoms with Crippen LogP contribution in [-0.2, 0) is 0 Å². The molecule has 14 heavy (non-hydrogen) atoms. The molecule has 0 bridgehead atoms. The summed E-state index contributed by atoms with van der Waals surface area (Å²) >= 11 is 0. The minimum absolute atomic E-state index is 0.395. The number of hydrogen-bond donors (Lipinski definition) is 2. The summed E-state index contributed by atoms with van der Waals surface area (Å²) in [5.74, 6) is -3.00. The highest BCUT2D eigenvalue weighted by molar-refractivity contribution is 5.95. The Balaban J connectivity index is 3.38. The first kappa shape index (κ1) is 10.0. The summed E-state index contributed by atoms with van der Waals surface area (Å²) in [7, 11) is 0. The van der Waals surface area contributed by atoms with Crippen molar-refractivity contribution in [2.45, 2.75) is 0 Å². The molecular formula is C7H5F2N3O2. The van der Waals surface area contributed by atoms with E-state index in [9.17, 15) is 18.9 Å². The van der Waals surface area contributed by atoms with Gasteiger partial charge in [-0.3, -0.25) is 15.5 Å². The molecule has 0 aromatic heterocycles. The number of hydrogen-bond acceptors (Lipinski definition) is 3. The number of halogens is 2. The summed E-state index contributed by atoms with van der Waals surface area (Å²) in [6.45, 7) is 0. The quantitative estimate of drug-likeness (QED) is 0.325. The van der Waals surface area contributed by atoms with Crippen LogP contribution in [0.15, 0.2) is 12.1 Å². The second-order valence-corrected chi connectivity index (χ2v) is 2.45. The highest BCUT2D eigenvalue weighted by Crippen LogP contribution is 2.20. The highest BCUT2D eigenvalue weighted by atomic mass is 19.1. The second kappa shape index (κ2) is 3.36. The molecule has 0 saturated carbocycles. The van der Waals surface area contributed by atoms with Crippen LogP contribution in [-0.4, -0.2) is 10.8 Å². The molecule has 0 fully saturated rings. The van der Waals surface area contributed by atoms with Crippen molar-refractivity contribution in [2.75, 3.05) is 0 Å². The van der Waals surface area contributed by atoms with E-state index in [-0.39, 0.29) is 0 Å². The minimum Gasteiger partial charge on any atom is -0.384 e. The Kier molecular flexibility index (Phi) is 2.41. The van der Waals surface area contributed by atoms with Gasteiger partial charge in [0.25, 0.3) is 0 Å². The van der Waals surface area contributed by atoms with Crippen molar-refractivity contribution >= 4 is 11.5 Å². The maximum Gasteiger partial charge on any atom is 0.307 e. The van der Waals surface area contributed by atoms with E-state index in [0.717, 1.165) is 0 Å². The Morgan fingerprint density at radius 3 is 2.43 bits per heavy atom. The van der Waals surface area contributed by atoms with Crippen LogP contribution in [0.1, 0.15) is 5.56 Å². The average Bonchev–Trinajstić information content (AvgIpc) is 2.07. The maximum absolute atomic E-state index is 12.9. The fourth-order valence-corrected chi connectivity index (χ4v) is 0.883. The number of nitrogens with zero attached hydrogens (tertiary/aromatic N) is 1. The van der Waals surface area contributed by atoms with Gasteiger partial charge in [0, 0.05) is 0 Å². The monoisotopic (exact) mass is 201 g/mol. The van der Waals surface area contributed by atoms with Gasteiger partial charge in [-0.15, -0.1) is 0 Å². The van der Waals surface area contributed by atoms with E-state index in [1.165, 1.54) is 0 Å². The molecule has 0 aliphatic rings. The molecule has 0 atom stereocenters. The van der Waals surface area contributed by atoms with Crippen molar-refractivity contribution in [1.29, 1.82) is 5.41 Å². The fraction of sp³-hybridized carbons (Fsp3) is 0. The Hall–Kier alpha value is -2.05. The Labute approximate surface area is 76.8 Å². The Morgan fingerprint density at radius 1 is 1.43 bits per heavy atom. The molecule has 3 N–H and O–H groups in total. The van der Waals surface area contributed by atoms with Gasteiger partial charge in [0.2, 0.25) is 5.82 Å². The lowest BCUT2D eigenvalue weighted by Gasteiger charge is -2.00. The van der Waals surface area contributed by atoms with Gasteiger partial charge >= 0.3 is 5.69 Å². The van der Waals surface area contributed by atoms with Crippen LogP contribution < -0.4 is 5.73 Å². The third-order valence-electron chi connectivity index (χ3n) is 1.52. The number of nitro benzene ring substituents is 1. The molecule has 74 valence electrons. The van der Waals surface area contributed by atoms with Crippen molar-refractivity contribution in [2.24, 2.45) is 5.73 Å². The van der Waals surface area contributed by atoms with Crippen molar-refractivity contribution in [3.63, 3.8) is 0 Å². The molecule has 1 aromatic rings. The molecule has 0 heterocycles. The molecule has 0 saturated heterocycles. The zero-order valence-corrected chi connectivity index (χ0v) is 6.75. The van der Waals surface area contributed by atoms with E-state index < -0.39 is 33.6 Å². The third-order valence-corrected chi connectivity index (χ3v) is 1.52. The number of nitrogens with two attached hydrogens (primary N) is 1. The number of amidine groups is 1. The van der Waals surface area contributed by atoms with Gasteiger partial charge in [0.1, 0.15) is 11.7 Å². The van der Waals surface area contributed by atoms with E-state index in [2.05, 4.69) is 0 Å². The molecule has 5 nitrogen and oxygen atoms in total. The van der Waals surface area contributed by atoms with Crippen molar-refractivity contribution < 1.29 is 13.7 Å². The lowest BCUT2D eigenvalue weighted by atomic mass is 10.1. The van der Waals surface area contributed by atoms with Crippen LogP contribution in [0.25, 0.3) is 0 Å². The zero-order chi connectivity index (χ0) is 10.9. The first-order chi connectivity index (χ1) is 6.43. The standard InChI is InChI=1S/C7H5F2N3O2/c8-4-2-6(12(13)14)5(9)1-3(4)7(10)11/h1-2H,(H3,10,11). The van der Waals surface area contributed by atoms with E-state index >= 15 is 0 Å². The molecule has 7 heteroatoms. The van der Waals surface area contributed by atoms with Gasteiger partial charge in [0.15, 0.2) is 0 Å². The average molecular weight is 201 g/mol. The number of benzene rings is 1. The van der Waals surface area contributed by atoms with Crippen LogP contribution in [0, 0.1) is 27.2 Å². The summed E-state index contributed by atoms with van der Waals surface area (Å²) in [4.78, 5) is 9.12. The molecule has 0 aliphatic heterocycles. The van der Waals surface area contributed by atoms with Gasteiger partial charge in [-0.1, -0.05) is 0 Å². The number of nitro groups is 1. The summed E-state index contributed by atoms with van der Waals surface area (Å²) in [5.41, 5.74) is 3.44. The maximum atomic E-state index is 12.9. The predicted octanol–water partition coefficient (Wildman–Crippen LogP) is 1.16. The summed E-state index contributed by atoms with van der Waals surface area (Å²) < 4.78 is 25.8. The molecule has 1 rings (SSSR count). The van der Waals surface area contributed by atoms with Crippen LogP contribution in [0.5, 0.6) is 0 Å². The van der Waals surface area contributed by atoms with Gasteiger partial charge in [-0.25, -0.2) is 4.39 Å². The van der Waals surface area contributed by atoms with Crippen LogP contribution in [0.4, 0.5) is 14.5 Å². The van der Waals surface area contributed by atoms with Gasteiger partial charge < -0.3 is 5.73 Å². The van der Waals surface area contributed by atoms with Gasteiger partial charge in [0.05, 0.1) is 16.6 Å². The third kappa shape index (κ3) is 1.65. The summed E-state index contributed by atoms with van der Waals surface area (Å²) in [5, 5.41) is 17.0. The SMILES string of the molecule is N=C(N)c1cc(F)c([N+](=O)[O-])cc1F. The van der Waals surface area contributed by atoms with E-state index in [1.54, 1.807) is 0 Å². The van der Waals surface area contributed by atoms with E-state index in [4.69, 9.17) is 11.1 Å². The van der Waals surface area contributed by atoms with E-state index in [1.807, 2.05) is 0 Å². The minimum atomic E-state index is -1.22. The summed E-state index contributed by atoms with van der Waals surface area (Å²) in [6.07, 6.45) is 0. The van der Waals surface area contributed by atoms with E-state index in [0.29, 0.717) is 12.1 Å².